The van der Waals surface area contributed by atoms with Gasteiger partial charge in [-0.25, -0.2) is 4.99 Å². The molecule has 2 heterocycles. The van der Waals surface area contributed by atoms with E-state index in [9.17, 15) is 0 Å². The van der Waals surface area contributed by atoms with Crippen molar-refractivity contribution >= 4 is 29.9 Å². The minimum absolute atomic E-state index is 0. The van der Waals surface area contributed by atoms with Crippen LogP contribution in [-0.4, -0.2) is 58.7 Å². The Morgan fingerprint density at radius 3 is 2.77 bits per heavy atom. The number of benzene rings is 1. The summed E-state index contributed by atoms with van der Waals surface area (Å²) in [5.41, 5.74) is 2.24. The van der Waals surface area contributed by atoms with Crippen LogP contribution >= 0.6 is 24.0 Å². The van der Waals surface area contributed by atoms with Gasteiger partial charge in [0.2, 0.25) is 0 Å². The molecule has 1 saturated heterocycles. The van der Waals surface area contributed by atoms with Crippen molar-refractivity contribution in [2.75, 3.05) is 46.6 Å². The number of halogens is 1. The number of guanidine groups is 1. The molecule has 0 spiro atoms. The zero-order valence-electron chi connectivity index (χ0n) is 19.1. The van der Waals surface area contributed by atoms with Crippen molar-refractivity contribution in [1.82, 2.24) is 10.6 Å². The van der Waals surface area contributed by atoms with E-state index in [-0.39, 0.29) is 30.1 Å². The van der Waals surface area contributed by atoms with E-state index in [1.807, 2.05) is 0 Å². The number of nitrogens with one attached hydrogen (secondary N) is 2. The van der Waals surface area contributed by atoms with Crippen LogP contribution in [0.1, 0.15) is 44.2 Å². The van der Waals surface area contributed by atoms with Gasteiger partial charge in [-0.1, -0.05) is 0 Å². The van der Waals surface area contributed by atoms with Gasteiger partial charge in [-0.05, 0) is 51.2 Å². The molecule has 0 saturated carbocycles. The van der Waals surface area contributed by atoms with Crippen LogP contribution in [0.5, 0.6) is 11.5 Å². The summed E-state index contributed by atoms with van der Waals surface area (Å²) < 4.78 is 22.7. The van der Waals surface area contributed by atoms with Crippen LogP contribution in [-0.2, 0) is 22.4 Å². The van der Waals surface area contributed by atoms with Crippen LogP contribution < -0.4 is 20.1 Å². The van der Waals surface area contributed by atoms with Crippen LogP contribution in [0.25, 0.3) is 0 Å². The van der Waals surface area contributed by atoms with Crippen LogP contribution in [0.2, 0.25) is 0 Å². The SMILES string of the molecule is CCNC(=NCc1cc2c(cc1OC)CC(C)O2)NCCCOCC1CCOCC1.I. The summed E-state index contributed by atoms with van der Waals surface area (Å²) in [6.07, 6.45) is 4.32. The number of fused-ring (bicyclic) bond motifs is 1. The molecule has 1 fully saturated rings. The largest absolute Gasteiger partial charge is 0.496 e. The lowest BCUT2D eigenvalue weighted by Gasteiger charge is -2.21. The zero-order valence-corrected chi connectivity index (χ0v) is 21.4. The molecule has 0 aromatic heterocycles. The minimum Gasteiger partial charge on any atom is -0.496 e. The molecule has 2 aliphatic heterocycles. The number of hydrogen-bond donors (Lipinski definition) is 2. The first-order valence-corrected chi connectivity index (χ1v) is 11.2. The molecule has 1 atom stereocenters. The molecule has 0 bridgehead atoms. The van der Waals surface area contributed by atoms with Gasteiger partial charge < -0.3 is 29.6 Å². The molecule has 1 aromatic carbocycles. The van der Waals surface area contributed by atoms with E-state index >= 15 is 0 Å². The summed E-state index contributed by atoms with van der Waals surface area (Å²) in [7, 11) is 1.71. The van der Waals surface area contributed by atoms with Gasteiger partial charge >= 0.3 is 0 Å². The summed E-state index contributed by atoms with van der Waals surface area (Å²) in [5, 5.41) is 6.70. The summed E-state index contributed by atoms with van der Waals surface area (Å²) in [6.45, 7) is 9.67. The maximum atomic E-state index is 5.89. The lowest BCUT2D eigenvalue weighted by atomic mass is 10.0. The molecular formula is C23H38IN3O4. The molecule has 0 amide bonds. The minimum atomic E-state index is 0. The third kappa shape index (κ3) is 8.31. The standard InChI is InChI=1S/C23H37N3O4.HI/c1-4-24-23(25-8-5-9-29-16-18-6-10-28-11-7-18)26-15-20-14-22-19(12-17(2)30-22)13-21(20)27-3;/h13-14,17-18H,4-12,15-16H2,1-3H3,(H2,24,25,26);1H. The number of methoxy groups -OCH3 is 1. The molecule has 0 radical (unpaired) electrons. The van der Waals surface area contributed by atoms with Crippen molar-refractivity contribution in [2.45, 2.75) is 52.2 Å². The van der Waals surface area contributed by atoms with E-state index < -0.39 is 0 Å². The second kappa shape index (κ2) is 14.0. The van der Waals surface area contributed by atoms with E-state index in [0.29, 0.717) is 12.5 Å². The average Bonchev–Trinajstić information content (AvgIpc) is 3.13. The summed E-state index contributed by atoms with van der Waals surface area (Å²) in [4.78, 5) is 4.73. The Kier molecular flexibility index (Phi) is 11.7. The van der Waals surface area contributed by atoms with Gasteiger partial charge in [0, 0.05) is 57.1 Å². The van der Waals surface area contributed by atoms with E-state index in [4.69, 9.17) is 23.9 Å². The van der Waals surface area contributed by atoms with Gasteiger partial charge in [-0.3, -0.25) is 0 Å². The van der Waals surface area contributed by atoms with Gasteiger partial charge in [0.05, 0.1) is 13.7 Å². The quantitative estimate of drug-likeness (QED) is 0.202. The fraction of sp³-hybridized carbons (Fsp3) is 0.696. The van der Waals surface area contributed by atoms with Gasteiger partial charge in [-0.2, -0.15) is 0 Å². The van der Waals surface area contributed by atoms with Crippen LogP contribution in [0, 0.1) is 5.92 Å². The molecule has 7 nitrogen and oxygen atoms in total. The van der Waals surface area contributed by atoms with Gasteiger partial charge in [0.15, 0.2) is 5.96 Å². The molecule has 1 aromatic rings. The first kappa shape index (κ1) is 26.0. The lowest BCUT2D eigenvalue weighted by Crippen LogP contribution is -2.38. The predicted octanol–water partition coefficient (Wildman–Crippen LogP) is 3.53. The van der Waals surface area contributed by atoms with Gasteiger partial charge in [-0.15, -0.1) is 24.0 Å². The van der Waals surface area contributed by atoms with E-state index in [2.05, 4.69) is 36.6 Å². The van der Waals surface area contributed by atoms with Crippen molar-refractivity contribution in [3.63, 3.8) is 0 Å². The van der Waals surface area contributed by atoms with Crippen LogP contribution in [0.15, 0.2) is 17.1 Å². The summed E-state index contributed by atoms with van der Waals surface area (Å²) >= 11 is 0. The molecule has 0 aliphatic carbocycles. The predicted molar refractivity (Wildman–Crippen MR) is 134 cm³/mol. The molecule has 31 heavy (non-hydrogen) atoms. The van der Waals surface area contributed by atoms with Crippen LogP contribution in [0.3, 0.4) is 0 Å². The molecule has 1 unspecified atom stereocenters. The molecular weight excluding hydrogens is 509 g/mol. The van der Waals surface area contributed by atoms with Gasteiger partial charge in [0.1, 0.15) is 17.6 Å². The normalized spacial score (nSPS) is 18.7. The zero-order chi connectivity index (χ0) is 21.2. The topological polar surface area (TPSA) is 73.3 Å². The molecule has 176 valence electrons. The van der Waals surface area contributed by atoms with E-state index in [1.54, 1.807) is 7.11 Å². The maximum absolute atomic E-state index is 5.89. The van der Waals surface area contributed by atoms with Crippen molar-refractivity contribution < 1.29 is 18.9 Å². The molecule has 3 rings (SSSR count). The Morgan fingerprint density at radius 1 is 1.23 bits per heavy atom. The van der Waals surface area contributed by atoms with E-state index in [0.717, 1.165) is 88.2 Å². The third-order valence-corrected chi connectivity index (χ3v) is 5.50. The highest BCUT2D eigenvalue weighted by atomic mass is 127. The van der Waals surface area contributed by atoms with E-state index in [1.165, 1.54) is 5.56 Å². The molecule has 8 heteroatoms. The average molecular weight is 547 g/mol. The first-order valence-electron chi connectivity index (χ1n) is 11.2. The Labute approximate surface area is 203 Å². The fourth-order valence-electron chi connectivity index (χ4n) is 3.85. The lowest BCUT2D eigenvalue weighted by molar-refractivity contribution is 0.0203. The third-order valence-electron chi connectivity index (χ3n) is 5.50. The van der Waals surface area contributed by atoms with Crippen molar-refractivity contribution in [3.8, 4) is 11.5 Å². The smallest absolute Gasteiger partial charge is 0.191 e. The second-order valence-corrected chi connectivity index (χ2v) is 8.01. The second-order valence-electron chi connectivity index (χ2n) is 8.01. The Hall–Kier alpha value is -1.26. The monoisotopic (exact) mass is 547 g/mol. The fourth-order valence-corrected chi connectivity index (χ4v) is 3.85. The van der Waals surface area contributed by atoms with Crippen LogP contribution in [0.4, 0.5) is 0 Å². The molecule has 2 N–H and O–H groups in total. The number of ether oxygens (including phenoxy) is 4. The first-order chi connectivity index (χ1) is 14.7. The number of rotatable bonds is 10. The highest BCUT2D eigenvalue weighted by Crippen LogP contribution is 2.35. The Balaban J connectivity index is 0.00000341. The maximum Gasteiger partial charge on any atom is 0.191 e. The van der Waals surface area contributed by atoms with Crippen molar-refractivity contribution in [1.29, 1.82) is 0 Å². The number of nitrogens with zero attached hydrogens (tertiary/aromatic N) is 1. The summed E-state index contributed by atoms with van der Waals surface area (Å²) in [5.74, 6) is 3.28. The van der Waals surface area contributed by atoms with Crippen molar-refractivity contribution in [2.24, 2.45) is 10.9 Å². The number of aliphatic imine (C=N–C) groups is 1. The Bertz CT molecular complexity index is 696. The summed E-state index contributed by atoms with van der Waals surface area (Å²) in [6, 6.07) is 4.15. The number of hydrogen-bond acceptors (Lipinski definition) is 5. The Morgan fingerprint density at radius 2 is 2.03 bits per heavy atom. The highest BCUT2D eigenvalue weighted by Gasteiger charge is 2.21. The molecule has 2 aliphatic rings. The highest BCUT2D eigenvalue weighted by molar-refractivity contribution is 14.0. The van der Waals surface area contributed by atoms with Crippen molar-refractivity contribution in [3.05, 3.63) is 23.3 Å². The van der Waals surface area contributed by atoms with Gasteiger partial charge in [0.25, 0.3) is 0 Å².